The second kappa shape index (κ2) is 4.40. The molecule has 1 aromatic carbocycles. The highest BCUT2D eigenvalue weighted by Crippen LogP contribution is 2.24. The molecule has 0 unspecified atom stereocenters. The minimum atomic E-state index is -0.358. The van der Waals surface area contributed by atoms with Gasteiger partial charge in [0.2, 0.25) is 0 Å². The Morgan fingerprint density at radius 1 is 1.33 bits per heavy atom. The number of benzene rings is 1. The van der Waals surface area contributed by atoms with Gasteiger partial charge in [0.1, 0.15) is 0 Å². The van der Waals surface area contributed by atoms with E-state index in [9.17, 15) is 10.1 Å². The monoisotopic (exact) mass is 206 g/mol. The van der Waals surface area contributed by atoms with E-state index in [0.717, 1.165) is 13.1 Å². The van der Waals surface area contributed by atoms with E-state index in [-0.39, 0.29) is 10.6 Å². The predicted octanol–water partition coefficient (Wildman–Crippen LogP) is 2.06. The summed E-state index contributed by atoms with van der Waals surface area (Å²) >= 11 is 0. The van der Waals surface area contributed by atoms with E-state index in [1.807, 2.05) is 12.1 Å². The second-order valence-corrected chi connectivity index (χ2v) is 3.89. The third kappa shape index (κ3) is 2.33. The molecule has 15 heavy (non-hydrogen) atoms. The number of nitrogens with zero attached hydrogens (tertiary/aromatic N) is 1. The van der Waals surface area contributed by atoms with Crippen molar-refractivity contribution in [2.24, 2.45) is 0 Å². The number of rotatable bonds is 2. The first-order chi connectivity index (χ1) is 7.27. The van der Waals surface area contributed by atoms with Crippen LogP contribution >= 0.6 is 0 Å². The lowest BCUT2D eigenvalue weighted by Gasteiger charge is -2.22. The van der Waals surface area contributed by atoms with Crippen molar-refractivity contribution in [3.05, 3.63) is 39.9 Å². The van der Waals surface area contributed by atoms with Crippen LogP contribution in [0.25, 0.3) is 0 Å². The van der Waals surface area contributed by atoms with E-state index < -0.39 is 0 Å². The van der Waals surface area contributed by atoms with Crippen molar-refractivity contribution in [2.75, 3.05) is 13.1 Å². The molecule has 0 saturated carbocycles. The molecule has 0 spiro atoms. The predicted molar refractivity (Wildman–Crippen MR) is 57.9 cm³/mol. The zero-order valence-electron chi connectivity index (χ0n) is 8.48. The molecule has 1 N–H and O–H groups in total. The number of nitro groups is 1. The van der Waals surface area contributed by atoms with E-state index in [0.29, 0.717) is 5.92 Å². The standard InChI is InChI=1S/C11H14N2O2/c14-13(15)11-5-3-9(4-6-11)10-2-1-7-12-8-10/h3-6,10,12H,1-2,7-8H2/t10-/m0/s1. The van der Waals surface area contributed by atoms with Crippen molar-refractivity contribution in [3.63, 3.8) is 0 Å². The summed E-state index contributed by atoms with van der Waals surface area (Å²) in [7, 11) is 0. The maximum absolute atomic E-state index is 10.5. The van der Waals surface area contributed by atoms with Gasteiger partial charge in [0.15, 0.2) is 0 Å². The van der Waals surface area contributed by atoms with Gasteiger partial charge < -0.3 is 5.32 Å². The third-order valence-electron chi connectivity index (χ3n) is 2.87. The summed E-state index contributed by atoms with van der Waals surface area (Å²) in [5.74, 6) is 0.513. The van der Waals surface area contributed by atoms with Crippen LogP contribution in [0, 0.1) is 10.1 Å². The minimum Gasteiger partial charge on any atom is -0.316 e. The Kier molecular flexibility index (Phi) is 2.97. The zero-order valence-corrected chi connectivity index (χ0v) is 8.48. The van der Waals surface area contributed by atoms with Crippen LogP contribution in [0.15, 0.2) is 24.3 Å². The normalized spacial score (nSPS) is 21.2. The highest BCUT2D eigenvalue weighted by atomic mass is 16.6. The summed E-state index contributed by atoms with van der Waals surface area (Å²) < 4.78 is 0. The molecule has 1 atom stereocenters. The summed E-state index contributed by atoms with van der Waals surface area (Å²) in [6, 6.07) is 6.92. The fourth-order valence-electron chi connectivity index (χ4n) is 2.00. The van der Waals surface area contributed by atoms with E-state index in [1.165, 1.54) is 18.4 Å². The van der Waals surface area contributed by atoms with Crippen LogP contribution in [0.2, 0.25) is 0 Å². The number of hydrogen-bond donors (Lipinski definition) is 1. The van der Waals surface area contributed by atoms with Crippen LogP contribution in [0.1, 0.15) is 24.3 Å². The Morgan fingerprint density at radius 2 is 2.07 bits per heavy atom. The Hall–Kier alpha value is -1.42. The van der Waals surface area contributed by atoms with Crippen LogP contribution in [0.5, 0.6) is 0 Å². The molecule has 4 heteroatoms. The molecule has 0 aromatic heterocycles. The first kappa shape index (κ1) is 10.1. The summed E-state index contributed by atoms with van der Waals surface area (Å²) in [4.78, 5) is 10.1. The molecule has 1 saturated heterocycles. The van der Waals surface area contributed by atoms with Crippen LogP contribution in [0.3, 0.4) is 0 Å². The highest BCUT2D eigenvalue weighted by molar-refractivity contribution is 5.34. The van der Waals surface area contributed by atoms with Crippen molar-refractivity contribution in [3.8, 4) is 0 Å². The molecule has 0 bridgehead atoms. The van der Waals surface area contributed by atoms with Gasteiger partial charge in [0.05, 0.1) is 4.92 Å². The van der Waals surface area contributed by atoms with Crippen molar-refractivity contribution in [2.45, 2.75) is 18.8 Å². The topological polar surface area (TPSA) is 55.2 Å². The average molecular weight is 206 g/mol. The summed E-state index contributed by atoms with van der Waals surface area (Å²) in [6.07, 6.45) is 2.35. The van der Waals surface area contributed by atoms with Crippen LogP contribution in [0.4, 0.5) is 5.69 Å². The van der Waals surface area contributed by atoms with Crippen LogP contribution in [-0.4, -0.2) is 18.0 Å². The van der Waals surface area contributed by atoms with Crippen molar-refractivity contribution in [1.29, 1.82) is 0 Å². The summed E-state index contributed by atoms with van der Waals surface area (Å²) in [6.45, 7) is 2.07. The highest BCUT2D eigenvalue weighted by Gasteiger charge is 2.15. The first-order valence-electron chi connectivity index (χ1n) is 5.22. The van der Waals surface area contributed by atoms with Gasteiger partial charge in [-0.3, -0.25) is 10.1 Å². The first-order valence-corrected chi connectivity index (χ1v) is 5.22. The Balaban J connectivity index is 2.11. The molecule has 0 aliphatic carbocycles. The largest absolute Gasteiger partial charge is 0.316 e. The van der Waals surface area contributed by atoms with Gasteiger partial charge in [-0.2, -0.15) is 0 Å². The van der Waals surface area contributed by atoms with Crippen molar-refractivity contribution < 1.29 is 4.92 Å². The van der Waals surface area contributed by atoms with Crippen LogP contribution < -0.4 is 5.32 Å². The maximum atomic E-state index is 10.5. The molecule has 1 aliphatic heterocycles. The minimum absolute atomic E-state index is 0.169. The van der Waals surface area contributed by atoms with E-state index in [1.54, 1.807) is 12.1 Å². The lowest BCUT2D eigenvalue weighted by atomic mass is 9.92. The molecule has 80 valence electrons. The Bertz CT molecular complexity index is 342. The lowest BCUT2D eigenvalue weighted by Crippen LogP contribution is -2.28. The van der Waals surface area contributed by atoms with Gasteiger partial charge in [0.25, 0.3) is 5.69 Å². The van der Waals surface area contributed by atoms with E-state index in [4.69, 9.17) is 0 Å². The van der Waals surface area contributed by atoms with Gasteiger partial charge in [-0.25, -0.2) is 0 Å². The molecule has 2 rings (SSSR count). The van der Waals surface area contributed by atoms with Gasteiger partial charge in [-0.1, -0.05) is 12.1 Å². The zero-order chi connectivity index (χ0) is 10.7. The van der Waals surface area contributed by atoms with Gasteiger partial charge in [-0.15, -0.1) is 0 Å². The second-order valence-electron chi connectivity index (χ2n) is 3.89. The molecule has 1 aromatic rings. The number of nitro benzene ring substituents is 1. The maximum Gasteiger partial charge on any atom is 0.269 e. The van der Waals surface area contributed by atoms with Gasteiger partial charge in [-0.05, 0) is 30.9 Å². The fraction of sp³-hybridized carbons (Fsp3) is 0.455. The van der Waals surface area contributed by atoms with E-state index in [2.05, 4.69) is 5.32 Å². The van der Waals surface area contributed by atoms with Crippen molar-refractivity contribution in [1.82, 2.24) is 5.32 Å². The molecular formula is C11H14N2O2. The molecule has 1 fully saturated rings. The molecule has 0 amide bonds. The SMILES string of the molecule is O=[N+]([O-])c1ccc([C@H]2CCCNC2)cc1. The lowest BCUT2D eigenvalue weighted by molar-refractivity contribution is -0.384. The van der Waals surface area contributed by atoms with Gasteiger partial charge in [0, 0.05) is 18.7 Å². The van der Waals surface area contributed by atoms with Crippen LogP contribution in [-0.2, 0) is 0 Å². The number of nitrogens with one attached hydrogen (secondary N) is 1. The molecule has 1 heterocycles. The van der Waals surface area contributed by atoms with Gasteiger partial charge >= 0.3 is 0 Å². The van der Waals surface area contributed by atoms with Crippen molar-refractivity contribution >= 4 is 5.69 Å². The fourth-order valence-corrected chi connectivity index (χ4v) is 2.00. The smallest absolute Gasteiger partial charge is 0.269 e. The summed E-state index contributed by atoms with van der Waals surface area (Å²) in [5, 5.41) is 13.8. The Labute approximate surface area is 88.5 Å². The molecule has 4 nitrogen and oxygen atoms in total. The number of hydrogen-bond acceptors (Lipinski definition) is 3. The quantitative estimate of drug-likeness (QED) is 0.595. The van der Waals surface area contributed by atoms with E-state index >= 15 is 0 Å². The molecular weight excluding hydrogens is 192 g/mol. The summed E-state index contributed by atoms with van der Waals surface area (Å²) in [5.41, 5.74) is 1.37. The molecule has 0 radical (unpaired) electrons. The molecule has 1 aliphatic rings. The average Bonchev–Trinajstić information content (AvgIpc) is 2.30. The number of piperidine rings is 1. The number of non-ortho nitro benzene ring substituents is 1. The third-order valence-corrected chi connectivity index (χ3v) is 2.87. The Morgan fingerprint density at radius 3 is 2.60 bits per heavy atom.